The molecule has 3 aliphatic heterocycles. The van der Waals surface area contributed by atoms with Gasteiger partial charge in [-0.2, -0.15) is 0 Å². The van der Waals surface area contributed by atoms with Gasteiger partial charge in [-0.15, -0.1) is 0 Å². The number of aromatic hydroxyl groups is 1. The minimum Gasteiger partial charge on any atom is -0.504 e. The molecule has 244 valence electrons. The SMILES string of the molecule is O=C(O)C(O)C(O)C(=O)O.O=C1c2ccc(F)cc2C(=O)N1[C@H]1CCC2(O)[C@H]3Cc4ccc(O)c5c4[C@@]2(CCN3CC2CC2)[C@H]1O5. The molecule has 2 saturated carbocycles. The van der Waals surface area contributed by atoms with Crippen LogP contribution in [-0.4, -0.2) is 113 Å². The van der Waals surface area contributed by atoms with Gasteiger partial charge in [-0.25, -0.2) is 14.0 Å². The first kappa shape index (κ1) is 30.5. The molecule has 2 aromatic rings. The lowest BCUT2D eigenvalue weighted by atomic mass is 9.48. The van der Waals surface area contributed by atoms with Gasteiger partial charge in [0.15, 0.2) is 23.7 Å². The molecule has 0 aromatic heterocycles. The zero-order chi connectivity index (χ0) is 32.9. The van der Waals surface area contributed by atoms with Gasteiger partial charge >= 0.3 is 11.9 Å². The van der Waals surface area contributed by atoms with Crippen molar-refractivity contribution >= 4 is 23.8 Å². The number of fused-ring (bicyclic) bond motifs is 1. The number of phenolic OH excluding ortho intramolecular Hbond substituents is 1. The van der Waals surface area contributed by atoms with E-state index in [2.05, 4.69) is 4.90 Å². The molecule has 1 spiro atoms. The molecule has 0 radical (unpaired) electrons. The van der Waals surface area contributed by atoms with E-state index in [4.69, 9.17) is 25.2 Å². The van der Waals surface area contributed by atoms with E-state index in [0.717, 1.165) is 30.3 Å². The van der Waals surface area contributed by atoms with Crippen LogP contribution in [-0.2, 0) is 21.4 Å². The summed E-state index contributed by atoms with van der Waals surface area (Å²) in [4.78, 5) is 50.1. The zero-order valence-electron chi connectivity index (χ0n) is 24.5. The molecule has 3 unspecified atom stereocenters. The van der Waals surface area contributed by atoms with Crippen molar-refractivity contribution < 1.29 is 58.9 Å². The number of carboxylic acid groups (broad SMARTS) is 2. The molecule has 13 nitrogen and oxygen atoms in total. The fourth-order valence-electron chi connectivity index (χ4n) is 8.52. The van der Waals surface area contributed by atoms with Crippen LogP contribution in [0.1, 0.15) is 63.9 Å². The molecule has 3 fully saturated rings. The molecular weight excluding hydrogens is 607 g/mol. The Morgan fingerprint density at radius 3 is 2.30 bits per heavy atom. The van der Waals surface area contributed by atoms with E-state index >= 15 is 0 Å². The van der Waals surface area contributed by atoms with Gasteiger partial charge in [-0.3, -0.25) is 19.4 Å². The average Bonchev–Trinajstić information content (AvgIpc) is 3.71. The lowest BCUT2D eigenvalue weighted by Crippen LogP contribution is -2.78. The first-order chi connectivity index (χ1) is 21.8. The molecular formula is C32H33FN2O11. The summed E-state index contributed by atoms with van der Waals surface area (Å²) in [6.07, 6.45) is -0.652. The van der Waals surface area contributed by atoms with E-state index in [1.807, 2.05) is 6.07 Å². The number of imide groups is 1. The molecule has 6 N–H and O–H groups in total. The minimum atomic E-state index is -2.27. The van der Waals surface area contributed by atoms with E-state index in [1.54, 1.807) is 6.07 Å². The summed E-state index contributed by atoms with van der Waals surface area (Å²) < 4.78 is 20.4. The number of hydrogen-bond donors (Lipinski definition) is 6. The second-order valence-corrected chi connectivity index (χ2v) is 13.1. The number of aliphatic hydroxyl groups excluding tert-OH is 2. The largest absolute Gasteiger partial charge is 0.504 e. The zero-order valence-corrected chi connectivity index (χ0v) is 24.5. The summed E-state index contributed by atoms with van der Waals surface area (Å²) in [6, 6.07) is 6.54. The normalized spacial score (nSPS) is 31.7. The molecule has 3 aliphatic carbocycles. The minimum absolute atomic E-state index is 0.0157. The highest BCUT2D eigenvalue weighted by Crippen LogP contribution is 2.66. The van der Waals surface area contributed by atoms with Crippen molar-refractivity contribution in [3.8, 4) is 11.5 Å². The third kappa shape index (κ3) is 4.20. The maximum atomic E-state index is 13.9. The number of amides is 2. The number of likely N-dealkylation sites (tertiary alicyclic amines) is 1. The second kappa shape index (κ2) is 10.5. The summed E-state index contributed by atoms with van der Waals surface area (Å²) >= 11 is 0. The molecule has 3 heterocycles. The molecule has 46 heavy (non-hydrogen) atoms. The second-order valence-electron chi connectivity index (χ2n) is 13.1. The van der Waals surface area contributed by atoms with Crippen LogP contribution in [0.5, 0.6) is 11.5 Å². The van der Waals surface area contributed by atoms with Crippen molar-refractivity contribution in [2.45, 2.75) is 79.9 Å². The van der Waals surface area contributed by atoms with E-state index in [1.165, 1.54) is 29.9 Å². The highest BCUT2D eigenvalue weighted by molar-refractivity contribution is 6.21. The highest BCUT2D eigenvalue weighted by Gasteiger charge is 2.74. The van der Waals surface area contributed by atoms with Gasteiger partial charge in [-0.05, 0) is 80.8 Å². The van der Waals surface area contributed by atoms with Gasteiger partial charge in [0.2, 0.25) is 0 Å². The van der Waals surface area contributed by atoms with E-state index < -0.39 is 64.9 Å². The lowest BCUT2D eigenvalue weighted by molar-refractivity contribution is -0.196. The molecule has 2 amide bonds. The number of aliphatic carboxylic acids is 2. The first-order valence-corrected chi connectivity index (χ1v) is 15.3. The van der Waals surface area contributed by atoms with Crippen LogP contribution in [0.2, 0.25) is 0 Å². The van der Waals surface area contributed by atoms with Gasteiger partial charge in [0.1, 0.15) is 11.9 Å². The fraction of sp³-hybridized carbons (Fsp3) is 0.500. The third-order valence-corrected chi connectivity index (χ3v) is 10.7. The Morgan fingerprint density at radius 1 is 0.978 bits per heavy atom. The number of halogens is 1. The van der Waals surface area contributed by atoms with Crippen molar-refractivity contribution in [3.63, 3.8) is 0 Å². The number of hydrogen-bond acceptors (Lipinski definition) is 10. The van der Waals surface area contributed by atoms with Gasteiger partial charge in [-0.1, -0.05) is 6.07 Å². The summed E-state index contributed by atoms with van der Waals surface area (Å²) in [5.74, 6) is -4.00. The Labute approximate surface area is 261 Å². The number of carbonyl (C=O) groups excluding carboxylic acids is 2. The molecule has 8 rings (SSSR count). The van der Waals surface area contributed by atoms with Crippen LogP contribution >= 0.6 is 0 Å². The molecule has 2 bridgehead atoms. The van der Waals surface area contributed by atoms with E-state index in [-0.39, 0.29) is 22.9 Å². The smallest absolute Gasteiger partial charge is 0.335 e. The number of carboxylic acids is 2. The van der Waals surface area contributed by atoms with Crippen molar-refractivity contribution in [1.29, 1.82) is 0 Å². The fourth-order valence-corrected chi connectivity index (χ4v) is 8.52. The van der Waals surface area contributed by atoms with Crippen LogP contribution in [0.25, 0.3) is 0 Å². The van der Waals surface area contributed by atoms with E-state index in [9.17, 15) is 33.8 Å². The number of phenols is 1. The van der Waals surface area contributed by atoms with Gasteiger partial charge in [0.25, 0.3) is 11.8 Å². The molecule has 7 atom stereocenters. The predicted molar refractivity (Wildman–Crippen MR) is 153 cm³/mol. The van der Waals surface area contributed by atoms with Crippen LogP contribution in [0.3, 0.4) is 0 Å². The quantitative estimate of drug-likeness (QED) is 0.241. The van der Waals surface area contributed by atoms with Crippen LogP contribution in [0.4, 0.5) is 4.39 Å². The summed E-state index contributed by atoms with van der Waals surface area (Å²) in [5.41, 5.74) is 0.244. The number of piperidine rings is 1. The van der Waals surface area contributed by atoms with Crippen molar-refractivity contribution in [2.75, 3.05) is 13.1 Å². The summed E-state index contributed by atoms with van der Waals surface area (Å²) in [7, 11) is 0. The Bertz CT molecular complexity index is 1660. The number of carbonyl (C=O) groups is 4. The number of ether oxygens (including phenoxy) is 1. The Balaban J connectivity index is 0.000000296. The Kier molecular flexibility index (Phi) is 6.94. The lowest BCUT2D eigenvalue weighted by Gasteiger charge is -2.64. The average molecular weight is 641 g/mol. The topological polar surface area (TPSA) is 205 Å². The summed E-state index contributed by atoms with van der Waals surface area (Å²) in [5, 5.41) is 55.9. The molecule has 14 heteroatoms. The monoisotopic (exact) mass is 640 g/mol. The van der Waals surface area contributed by atoms with Crippen molar-refractivity contribution in [1.82, 2.24) is 9.80 Å². The molecule has 6 aliphatic rings. The van der Waals surface area contributed by atoms with E-state index in [0.29, 0.717) is 37.4 Å². The van der Waals surface area contributed by atoms with Crippen LogP contribution in [0.15, 0.2) is 30.3 Å². The third-order valence-electron chi connectivity index (χ3n) is 10.7. The number of nitrogens with zero attached hydrogens (tertiary/aromatic N) is 2. The Hall–Kier alpha value is -4.11. The predicted octanol–water partition coefficient (Wildman–Crippen LogP) is 0.638. The maximum Gasteiger partial charge on any atom is 0.335 e. The van der Waals surface area contributed by atoms with Crippen molar-refractivity contribution in [2.24, 2.45) is 5.92 Å². The number of rotatable bonds is 6. The first-order valence-electron chi connectivity index (χ1n) is 15.3. The summed E-state index contributed by atoms with van der Waals surface area (Å²) in [6.45, 7) is 1.76. The van der Waals surface area contributed by atoms with Crippen LogP contribution in [0, 0.1) is 11.7 Å². The standard InChI is InChI=1S/C28H27FN2O5.C4H6O6/c29-16-4-5-17-18(12-16)26(34)31(25(17)33)19-7-8-28(35)21-11-15-3-6-20(32)23-22(15)27(28,24(19)36-23)9-10-30(21)13-14-1-2-14;5-1(3(7)8)2(6)4(9)10/h3-6,12,14,19,21,24,32,35H,1-2,7-11,13H2;1-2,5-6H,(H,7,8)(H,9,10)/t19-,21+,24-,27-,28?;/m0./s1. The molecule has 2 aromatic carbocycles. The maximum absolute atomic E-state index is 13.9. The molecule has 1 saturated heterocycles. The Morgan fingerprint density at radius 2 is 1.65 bits per heavy atom. The number of benzene rings is 2. The van der Waals surface area contributed by atoms with Gasteiger partial charge < -0.3 is 35.4 Å². The van der Waals surface area contributed by atoms with Crippen molar-refractivity contribution in [3.05, 3.63) is 58.4 Å². The highest BCUT2D eigenvalue weighted by atomic mass is 19.1. The van der Waals surface area contributed by atoms with Gasteiger partial charge in [0.05, 0.1) is 28.2 Å². The number of aliphatic hydroxyl groups is 3. The van der Waals surface area contributed by atoms with Crippen LogP contribution < -0.4 is 4.74 Å². The van der Waals surface area contributed by atoms with Gasteiger partial charge in [0, 0.05) is 18.2 Å².